The average Bonchev–Trinajstić information content (AvgIpc) is 3.03. The van der Waals surface area contributed by atoms with E-state index < -0.39 is 9.84 Å². The molecule has 0 aliphatic carbocycles. The Morgan fingerprint density at radius 2 is 2.00 bits per heavy atom. The number of carbonyl (C=O) groups is 1. The van der Waals surface area contributed by atoms with Gasteiger partial charge in [0.15, 0.2) is 21.3 Å². The largest absolute Gasteiger partial charge is 0.355 e. The second kappa shape index (κ2) is 6.39. The zero-order chi connectivity index (χ0) is 17.3. The molecular formula is C17H20N2O4S. The van der Waals surface area contributed by atoms with Crippen LogP contribution >= 0.6 is 0 Å². The molecule has 0 N–H and O–H groups in total. The lowest BCUT2D eigenvalue weighted by molar-refractivity contribution is 0.0672. The number of rotatable bonds is 3. The van der Waals surface area contributed by atoms with E-state index in [1.807, 2.05) is 4.90 Å². The van der Waals surface area contributed by atoms with Crippen LogP contribution < -0.4 is 0 Å². The van der Waals surface area contributed by atoms with E-state index in [1.165, 1.54) is 12.1 Å². The SMILES string of the molecule is CC1CCCN(C(=O)c2cc(-c3ccc(S(C)(=O)=O)cc3)on2)C1. The van der Waals surface area contributed by atoms with Crippen LogP contribution in [0.3, 0.4) is 0 Å². The van der Waals surface area contributed by atoms with Crippen molar-refractivity contribution in [2.75, 3.05) is 19.3 Å². The van der Waals surface area contributed by atoms with Crippen LogP contribution in [-0.4, -0.2) is 43.7 Å². The molecule has 6 nitrogen and oxygen atoms in total. The molecule has 2 aromatic rings. The zero-order valence-corrected chi connectivity index (χ0v) is 14.5. The minimum atomic E-state index is -3.24. The van der Waals surface area contributed by atoms with Gasteiger partial charge >= 0.3 is 0 Å². The van der Waals surface area contributed by atoms with E-state index in [-0.39, 0.29) is 16.5 Å². The standard InChI is InChI=1S/C17H20N2O4S/c1-12-4-3-9-19(11-12)17(20)15-10-16(23-18-15)13-5-7-14(8-6-13)24(2,21)22/h5-8,10,12H,3-4,9,11H2,1-2H3. The molecule has 1 aliphatic rings. The summed E-state index contributed by atoms with van der Waals surface area (Å²) in [5.74, 6) is 0.824. The molecule has 0 spiro atoms. The van der Waals surface area contributed by atoms with Crippen LogP contribution in [0.5, 0.6) is 0 Å². The molecule has 1 aromatic carbocycles. The summed E-state index contributed by atoms with van der Waals surface area (Å²) >= 11 is 0. The Kier molecular flexibility index (Phi) is 4.45. The maximum Gasteiger partial charge on any atom is 0.276 e. The molecule has 1 saturated heterocycles. The van der Waals surface area contributed by atoms with E-state index in [1.54, 1.807) is 18.2 Å². The lowest BCUT2D eigenvalue weighted by atomic mass is 10.00. The molecule has 0 radical (unpaired) electrons. The van der Waals surface area contributed by atoms with Gasteiger partial charge in [-0.05, 0) is 43.0 Å². The normalized spacial score (nSPS) is 18.6. The van der Waals surface area contributed by atoms with Gasteiger partial charge in [0, 0.05) is 31.0 Å². The van der Waals surface area contributed by atoms with Crippen molar-refractivity contribution in [3.05, 3.63) is 36.0 Å². The van der Waals surface area contributed by atoms with Crippen molar-refractivity contribution >= 4 is 15.7 Å². The van der Waals surface area contributed by atoms with Crippen LogP contribution in [0.15, 0.2) is 39.8 Å². The molecule has 1 aliphatic heterocycles. The quantitative estimate of drug-likeness (QED) is 0.852. The van der Waals surface area contributed by atoms with Crippen LogP contribution in [-0.2, 0) is 9.84 Å². The first-order valence-corrected chi connectivity index (χ1v) is 9.80. The fourth-order valence-corrected chi connectivity index (χ4v) is 3.54. The molecule has 3 rings (SSSR count). The number of piperidine rings is 1. The number of benzene rings is 1. The van der Waals surface area contributed by atoms with Crippen molar-refractivity contribution in [3.63, 3.8) is 0 Å². The molecule has 1 unspecified atom stereocenters. The van der Waals surface area contributed by atoms with Gasteiger partial charge in [-0.2, -0.15) is 0 Å². The van der Waals surface area contributed by atoms with Crippen LogP contribution in [0, 0.1) is 5.92 Å². The first-order chi connectivity index (χ1) is 11.3. The molecule has 0 saturated carbocycles. The van der Waals surface area contributed by atoms with Crippen molar-refractivity contribution in [2.24, 2.45) is 5.92 Å². The van der Waals surface area contributed by atoms with Gasteiger partial charge < -0.3 is 9.42 Å². The van der Waals surface area contributed by atoms with Crippen molar-refractivity contribution in [1.29, 1.82) is 0 Å². The van der Waals surface area contributed by atoms with Crippen molar-refractivity contribution in [3.8, 4) is 11.3 Å². The molecule has 0 bridgehead atoms. The Morgan fingerprint density at radius 3 is 2.62 bits per heavy atom. The molecule has 2 heterocycles. The van der Waals surface area contributed by atoms with Crippen molar-refractivity contribution in [1.82, 2.24) is 10.1 Å². The Hall–Kier alpha value is -2.15. The summed E-state index contributed by atoms with van der Waals surface area (Å²) in [5.41, 5.74) is 0.965. The van der Waals surface area contributed by atoms with Crippen LogP contribution in [0.2, 0.25) is 0 Å². The number of hydrogen-bond acceptors (Lipinski definition) is 5. The minimum Gasteiger partial charge on any atom is -0.355 e. The highest BCUT2D eigenvalue weighted by molar-refractivity contribution is 7.90. The van der Waals surface area contributed by atoms with Gasteiger partial charge in [-0.3, -0.25) is 4.79 Å². The van der Waals surface area contributed by atoms with Gasteiger partial charge in [0.2, 0.25) is 0 Å². The molecular weight excluding hydrogens is 328 g/mol. The summed E-state index contributed by atoms with van der Waals surface area (Å²) in [4.78, 5) is 14.5. The third-order valence-electron chi connectivity index (χ3n) is 4.24. The average molecular weight is 348 g/mol. The van der Waals surface area contributed by atoms with Crippen molar-refractivity contribution < 1.29 is 17.7 Å². The van der Waals surface area contributed by atoms with Gasteiger partial charge in [0.1, 0.15) is 0 Å². The molecule has 128 valence electrons. The number of amides is 1. The summed E-state index contributed by atoms with van der Waals surface area (Å²) < 4.78 is 28.2. The van der Waals surface area contributed by atoms with E-state index in [0.29, 0.717) is 17.2 Å². The Morgan fingerprint density at radius 1 is 1.29 bits per heavy atom. The van der Waals surface area contributed by atoms with E-state index in [9.17, 15) is 13.2 Å². The highest BCUT2D eigenvalue weighted by Gasteiger charge is 2.24. The van der Waals surface area contributed by atoms with Crippen molar-refractivity contribution in [2.45, 2.75) is 24.7 Å². The second-order valence-electron chi connectivity index (χ2n) is 6.37. The summed E-state index contributed by atoms with van der Waals surface area (Å²) in [6.45, 7) is 3.62. The van der Waals surface area contributed by atoms with Gasteiger partial charge in [-0.25, -0.2) is 8.42 Å². The minimum absolute atomic E-state index is 0.121. The third-order valence-corrected chi connectivity index (χ3v) is 5.37. The molecule has 24 heavy (non-hydrogen) atoms. The number of carbonyl (C=O) groups excluding carboxylic acids is 1. The molecule has 1 amide bonds. The summed E-state index contributed by atoms with van der Waals surface area (Å²) in [7, 11) is -3.24. The van der Waals surface area contributed by atoms with E-state index in [4.69, 9.17) is 4.52 Å². The van der Waals surface area contributed by atoms with Gasteiger partial charge in [-0.15, -0.1) is 0 Å². The van der Waals surface area contributed by atoms with Gasteiger partial charge in [0.25, 0.3) is 5.91 Å². The highest BCUT2D eigenvalue weighted by Crippen LogP contribution is 2.24. The Bertz CT molecular complexity index is 840. The molecule has 1 fully saturated rings. The van der Waals surface area contributed by atoms with Gasteiger partial charge in [-0.1, -0.05) is 12.1 Å². The number of nitrogens with zero attached hydrogens (tertiary/aromatic N) is 2. The summed E-state index contributed by atoms with van der Waals surface area (Å²) in [6.07, 6.45) is 3.30. The fourth-order valence-electron chi connectivity index (χ4n) is 2.91. The van der Waals surface area contributed by atoms with Gasteiger partial charge in [0.05, 0.1) is 4.90 Å². The maximum absolute atomic E-state index is 12.5. The molecule has 1 atom stereocenters. The van der Waals surface area contributed by atoms with Crippen LogP contribution in [0.4, 0.5) is 0 Å². The Balaban J connectivity index is 1.79. The van der Waals surface area contributed by atoms with Crippen LogP contribution in [0.25, 0.3) is 11.3 Å². The number of sulfone groups is 1. The first kappa shape index (κ1) is 16.7. The number of aromatic nitrogens is 1. The first-order valence-electron chi connectivity index (χ1n) is 7.91. The molecule has 1 aromatic heterocycles. The summed E-state index contributed by atoms with van der Waals surface area (Å²) in [6, 6.07) is 7.93. The lowest BCUT2D eigenvalue weighted by Gasteiger charge is -2.30. The zero-order valence-electron chi connectivity index (χ0n) is 13.7. The maximum atomic E-state index is 12.5. The van der Waals surface area contributed by atoms with E-state index in [2.05, 4.69) is 12.1 Å². The third kappa shape index (κ3) is 3.51. The molecule has 7 heteroatoms. The Labute approximate surface area is 141 Å². The highest BCUT2D eigenvalue weighted by atomic mass is 32.2. The van der Waals surface area contributed by atoms with E-state index >= 15 is 0 Å². The second-order valence-corrected chi connectivity index (χ2v) is 8.39. The van der Waals surface area contributed by atoms with E-state index in [0.717, 1.165) is 32.2 Å². The number of hydrogen-bond donors (Lipinski definition) is 0. The monoisotopic (exact) mass is 348 g/mol. The topological polar surface area (TPSA) is 80.5 Å². The predicted octanol–water partition coefficient (Wildman–Crippen LogP) is 2.62. The predicted molar refractivity (Wildman–Crippen MR) is 89.4 cm³/mol. The lowest BCUT2D eigenvalue weighted by Crippen LogP contribution is -2.39. The fraction of sp³-hybridized carbons (Fsp3) is 0.412. The smallest absolute Gasteiger partial charge is 0.276 e. The van der Waals surface area contributed by atoms with Crippen LogP contribution in [0.1, 0.15) is 30.3 Å². The number of likely N-dealkylation sites (tertiary alicyclic amines) is 1. The summed E-state index contributed by atoms with van der Waals surface area (Å²) in [5, 5.41) is 3.88.